The molecular weight excluding hydrogens is 316 g/mol. The Balaban J connectivity index is 1.55. The number of hydrogen-bond donors (Lipinski definition) is 1. The molecule has 4 rings (SSSR count). The lowest BCUT2D eigenvalue weighted by atomic mass is 10.2. The Kier molecular flexibility index (Phi) is 3.96. The molecule has 0 aliphatic rings. The molecule has 0 saturated heterocycles. The Morgan fingerprint density at radius 3 is 2.92 bits per heavy atom. The molecule has 25 heavy (non-hydrogen) atoms. The summed E-state index contributed by atoms with van der Waals surface area (Å²) in [6, 6.07) is 12.0. The van der Waals surface area contributed by atoms with Crippen LogP contribution in [0.2, 0.25) is 0 Å². The second-order valence-electron chi connectivity index (χ2n) is 5.54. The molecule has 3 aromatic heterocycles. The van der Waals surface area contributed by atoms with Crippen molar-refractivity contribution in [2.24, 2.45) is 0 Å². The summed E-state index contributed by atoms with van der Waals surface area (Å²) >= 11 is 0. The van der Waals surface area contributed by atoms with Gasteiger partial charge in [0.25, 0.3) is 5.89 Å². The van der Waals surface area contributed by atoms with Gasteiger partial charge in [0.2, 0.25) is 0 Å². The van der Waals surface area contributed by atoms with Crippen molar-refractivity contribution in [3.8, 4) is 17.1 Å². The van der Waals surface area contributed by atoms with Crippen LogP contribution in [0.4, 0.5) is 5.82 Å². The summed E-state index contributed by atoms with van der Waals surface area (Å²) in [4.78, 5) is 12.8. The number of rotatable bonds is 5. The normalized spacial score (nSPS) is 10.8. The van der Waals surface area contributed by atoms with Crippen molar-refractivity contribution in [3.05, 3.63) is 72.7 Å². The van der Waals surface area contributed by atoms with E-state index in [1.165, 1.54) is 0 Å². The predicted octanol–water partition coefficient (Wildman–Crippen LogP) is 3.24. The van der Waals surface area contributed by atoms with Gasteiger partial charge in [-0.2, -0.15) is 4.98 Å². The van der Waals surface area contributed by atoms with Crippen molar-refractivity contribution >= 4 is 5.82 Å². The molecular formula is C18H16N6O. The van der Waals surface area contributed by atoms with Gasteiger partial charge in [-0.25, -0.2) is 9.97 Å². The molecule has 1 N–H and O–H groups in total. The average molecular weight is 332 g/mol. The minimum atomic E-state index is 0.459. The summed E-state index contributed by atoms with van der Waals surface area (Å²) in [5.41, 5.74) is 2.98. The molecule has 0 atom stereocenters. The summed E-state index contributed by atoms with van der Waals surface area (Å²) in [6.45, 7) is 2.41. The molecule has 7 nitrogen and oxygen atoms in total. The Morgan fingerprint density at radius 1 is 1.16 bits per heavy atom. The van der Waals surface area contributed by atoms with Gasteiger partial charge in [-0.1, -0.05) is 17.3 Å². The molecule has 4 aromatic rings. The first-order valence-corrected chi connectivity index (χ1v) is 7.86. The Morgan fingerprint density at radius 2 is 2.12 bits per heavy atom. The zero-order chi connectivity index (χ0) is 17.1. The van der Waals surface area contributed by atoms with E-state index in [2.05, 4.69) is 37.6 Å². The number of benzene rings is 1. The topological polar surface area (TPSA) is 81.7 Å². The fourth-order valence-corrected chi connectivity index (χ4v) is 2.55. The van der Waals surface area contributed by atoms with Crippen LogP contribution in [0.15, 0.2) is 65.8 Å². The zero-order valence-electron chi connectivity index (χ0n) is 13.6. The van der Waals surface area contributed by atoms with Crippen molar-refractivity contribution in [1.82, 2.24) is 24.7 Å². The first kappa shape index (κ1) is 15.1. The van der Waals surface area contributed by atoms with Gasteiger partial charge in [-0.15, -0.1) is 0 Å². The summed E-state index contributed by atoms with van der Waals surface area (Å²) in [5, 5.41) is 7.19. The molecule has 3 heterocycles. The monoisotopic (exact) mass is 332 g/mol. The molecule has 0 fully saturated rings. The summed E-state index contributed by atoms with van der Waals surface area (Å²) < 4.78 is 7.23. The van der Waals surface area contributed by atoms with Crippen LogP contribution >= 0.6 is 0 Å². The fraction of sp³-hybridized carbons (Fsp3) is 0.111. The van der Waals surface area contributed by atoms with E-state index in [9.17, 15) is 0 Å². The average Bonchev–Trinajstić information content (AvgIpc) is 3.32. The number of nitrogens with zero attached hydrogens (tertiary/aromatic N) is 5. The highest BCUT2D eigenvalue weighted by atomic mass is 16.5. The van der Waals surface area contributed by atoms with Crippen molar-refractivity contribution in [2.45, 2.75) is 13.5 Å². The second-order valence-corrected chi connectivity index (χ2v) is 5.54. The molecule has 0 amide bonds. The van der Waals surface area contributed by atoms with Crippen LogP contribution in [0.3, 0.4) is 0 Å². The van der Waals surface area contributed by atoms with Crippen molar-refractivity contribution in [3.63, 3.8) is 0 Å². The van der Waals surface area contributed by atoms with Crippen LogP contribution in [0, 0.1) is 6.92 Å². The third-order valence-electron chi connectivity index (χ3n) is 3.74. The number of anilines is 1. The van der Waals surface area contributed by atoms with Crippen LogP contribution in [0.25, 0.3) is 17.1 Å². The minimum absolute atomic E-state index is 0.459. The van der Waals surface area contributed by atoms with Gasteiger partial charge in [0.05, 0.1) is 11.9 Å². The lowest BCUT2D eigenvalue weighted by molar-refractivity contribution is 0.425. The smallest absolute Gasteiger partial charge is 0.261 e. The van der Waals surface area contributed by atoms with E-state index < -0.39 is 0 Å². The van der Waals surface area contributed by atoms with Crippen LogP contribution in [0.5, 0.6) is 0 Å². The molecule has 0 saturated carbocycles. The van der Waals surface area contributed by atoms with Crippen LogP contribution in [-0.2, 0) is 6.54 Å². The molecule has 0 spiro atoms. The highest BCUT2D eigenvalue weighted by Gasteiger charge is 2.12. The number of pyridine rings is 1. The van der Waals surface area contributed by atoms with Gasteiger partial charge >= 0.3 is 0 Å². The van der Waals surface area contributed by atoms with Gasteiger partial charge in [0, 0.05) is 30.8 Å². The maximum absolute atomic E-state index is 5.26. The Bertz CT molecular complexity index is 977. The van der Waals surface area contributed by atoms with E-state index >= 15 is 0 Å². The van der Waals surface area contributed by atoms with Gasteiger partial charge < -0.3 is 14.4 Å². The summed E-state index contributed by atoms with van der Waals surface area (Å²) in [6.07, 6.45) is 7.19. The molecule has 0 aliphatic heterocycles. The second kappa shape index (κ2) is 6.56. The zero-order valence-corrected chi connectivity index (χ0v) is 13.6. The highest BCUT2D eigenvalue weighted by Crippen LogP contribution is 2.24. The quantitative estimate of drug-likeness (QED) is 0.604. The third kappa shape index (κ3) is 3.25. The molecule has 0 aliphatic carbocycles. The summed E-state index contributed by atoms with van der Waals surface area (Å²) in [7, 11) is 0. The number of aryl methyl sites for hydroxylation is 1. The summed E-state index contributed by atoms with van der Waals surface area (Å²) in [5.74, 6) is 1.76. The standard InChI is InChI=1S/C18H16N6O/c1-13-22-18(25-23-13)16-6-3-7-20-17(16)21-11-14-4-2-5-15(10-14)24-9-8-19-12-24/h2-10,12H,11H2,1H3,(H,20,21). The number of aromatic nitrogens is 5. The number of hydrogen-bond acceptors (Lipinski definition) is 6. The van der Waals surface area contributed by atoms with Gasteiger partial charge in [0.15, 0.2) is 5.82 Å². The first-order chi connectivity index (χ1) is 12.3. The SMILES string of the molecule is Cc1noc(-c2cccnc2NCc2cccc(-n3ccnc3)c2)n1. The van der Waals surface area contributed by atoms with E-state index in [1.54, 1.807) is 25.6 Å². The maximum atomic E-state index is 5.26. The molecule has 124 valence electrons. The van der Waals surface area contributed by atoms with Crippen LogP contribution in [-0.4, -0.2) is 24.7 Å². The Hall–Kier alpha value is -3.48. The van der Waals surface area contributed by atoms with E-state index in [1.807, 2.05) is 35.0 Å². The van der Waals surface area contributed by atoms with Crippen molar-refractivity contribution in [1.29, 1.82) is 0 Å². The molecule has 7 heteroatoms. The molecule has 0 bridgehead atoms. The molecule has 0 unspecified atom stereocenters. The van der Waals surface area contributed by atoms with Gasteiger partial charge in [0.1, 0.15) is 5.82 Å². The van der Waals surface area contributed by atoms with Crippen LogP contribution < -0.4 is 5.32 Å². The minimum Gasteiger partial charge on any atom is -0.365 e. The molecule has 0 radical (unpaired) electrons. The lowest BCUT2D eigenvalue weighted by Gasteiger charge is -2.10. The Labute approximate surface area is 144 Å². The first-order valence-electron chi connectivity index (χ1n) is 7.86. The molecule has 1 aromatic carbocycles. The van der Waals surface area contributed by atoms with Crippen LogP contribution in [0.1, 0.15) is 11.4 Å². The number of nitrogens with one attached hydrogen (secondary N) is 1. The largest absolute Gasteiger partial charge is 0.365 e. The number of imidazole rings is 1. The lowest BCUT2D eigenvalue weighted by Crippen LogP contribution is -2.03. The van der Waals surface area contributed by atoms with E-state index in [0.717, 1.165) is 16.8 Å². The van der Waals surface area contributed by atoms with E-state index in [-0.39, 0.29) is 0 Å². The van der Waals surface area contributed by atoms with E-state index in [4.69, 9.17) is 4.52 Å². The highest BCUT2D eigenvalue weighted by molar-refractivity contribution is 5.68. The maximum Gasteiger partial charge on any atom is 0.261 e. The van der Waals surface area contributed by atoms with Gasteiger partial charge in [-0.3, -0.25) is 0 Å². The predicted molar refractivity (Wildman–Crippen MR) is 93.2 cm³/mol. The fourth-order valence-electron chi connectivity index (χ4n) is 2.55. The third-order valence-corrected chi connectivity index (χ3v) is 3.74. The van der Waals surface area contributed by atoms with E-state index in [0.29, 0.717) is 24.1 Å². The van der Waals surface area contributed by atoms with Crippen molar-refractivity contribution < 1.29 is 4.52 Å². The van der Waals surface area contributed by atoms with Gasteiger partial charge in [-0.05, 0) is 36.8 Å². The van der Waals surface area contributed by atoms with Crippen molar-refractivity contribution in [2.75, 3.05) is 5.32 Å².